The predicted molar refractivity (Wildman–Crippen MR) is 91.6 cm³/mol. The number of rotatable bonds is 3. The zero-order valence-corrected chi connectivity index (χ0v) is 14.8. The van der Waals surface area contributed by atoms with Gasteiger partial charge in [-0.1, -0.05) is 11.6 Å². The Morgan fingerprint density at radius 2 is 1.89 bits per heavy atom. The van der Waals surface area contributed by atoms with Crippen LogP contribution in [0.3, 0.4) is 0 Å². The largest absolute Gasteiger partial charge is 0.335 e. The van der Waals surface area contributed by atoms with Gasteiger partial charge in [-0.3, -0.25) is 9.78 Å². The molecule has 1 aliphatic heterocycles. The highest BCUT2D eigenvalue weighted by Crippen LogP contribution is 2.32. The van der Waals surface area contributed by atoms with Crippen molar-refractivity contribution in [2.75, 3.05) is 13.1 Å². The predicted octanol–water partition coefficient (Wildman–Crippen LogP) is 4.25. The van der Waals surface area contributed by atoms with Crippen LogP contribution < -0.4 is 0 Å². The third-order valence-corrected chi connectivity index (χ3v) is 4.80. The molecule has 0 radical (unpaired) electrons. The molecule has 1 saturated heterocycles. The number of carbonyl (C=O) groups excluding carboxylic acids is 1. The highest BCUT2D eigenvalue weighted by atomic mass is 35.5. The van der Waals surface area contributed by atoms with E-state index in [1.54, 1.807) is 0 Å². The number of hydrogen-bond donors (Lipinski definition) is 0. The Labute approximate surface area is 160 Å². The molecule has 1 aromatic carbocycles. The van der Waals surface area contributed by atoms with Crippen LogP contribution in [-0.4, -0.2) is 39.4 Å². The van der Waals surface area contributed by atoms with Crippen LogP contribution in [0.4, 0.5) is 22.0 Å². The molecule has 0 spiro atoms. The maximum atomic E-state index is 14.1. The average molecular weight is 416 g/mol. The first-order valence-corrected chi connectivity index (χ1v) is 8.48. The van der Waals surface area contributed by atoms with Crippen molar-refractivity contribution in [1.29, 1.82) is 0 Å². The highest BCUT2D eigenvalue weighted by molar-refractivity contribution is 6.35. The monoisotopic (exact) mass is 415 g/mol. The molecule has 2 aromatic heterocycles. The van der Waals surface area contributed by atoms with Gasteiger partial charge in [-0.25, -0.2) is 22.0 Å². The van der Waals surface area contributed by atoms with Crippen LogP contribution in [0.25, 0.3) is 22.2 Å². The Morgan fingerprint density at radius 1 is 1.18 bits per heavy atom. The summed E-state index contributed by atoms with van der Waals surface area (Å²) >= 11 is 6.10. The lowest BCUT2D eigenvalue weighted by molar-refractivity contribution is -0.166. The van der Waals surface area contributed by atoms with E-state index in [0.717, 1.165) is 17.0 Å². The summed E-state index contributed by atoms with van der Waals surface area (Å²) in [5.74, 6) is -7.72. The van der Waals surface area contributed by atoms with Crippen molar-refractivity contribution in [2.24, 2.45) is 0 Å². The second kappa shape index (κ2) is 6.44. The number of likely N-dealkylation sites (tertiary alicyclic amines) is 1. The Morgan fingerprint density at radius 3 is 2.57 bits per heavy atom. The van der Waals surface area contributed by atoms with Crippen molar-refractivity contribution >= 4 is 28.5 Å². The van der Waals surface area contributed by atoms with E-state index in [1.807, 2.05) is 0 Å². The van der Waals surface area contributed by atoms with Crippen LogP contribution in [0.2, 0.25) is 5.02 Å². The van der Waals surface area contributed by atoms with Gasteiger partial charge in [0.15, 0.2) is 17.5 Å². The van der Waals surface area contributed by atoms with Gasteiger partial charge in [0.1, 0.15) is 12.1 Å². The van der Waals surface area contributed by atoms with Crippen LogP contribution in [-0.2, 0) is 11.3 Å². The summed E-state index contributed by atoms with van der Waals surface area (Å²) in [6, 6.07) is 3.28. The molecule has 4 rings (SSSR count). The molecule has 1 fully saturated rings. The van der Waals surface area contributed by atoms with Crippen LogP contribution in [0.15, 0.2) is 30.6 Å². The van der Waals surface area contributed by atoms with Crippen LogP contribution in [0.1, 0.15) is 0 Å². The average Bonchev–Trinajstić information content (AvgIpc) is 2.93. The molecular weight excluding hydrogens is 405 g/mol. The van der Waals surface area contributed by atoms with E-state index >= 15 is 0 Å². The fourth-order valence-corrected chi connectivity index (χ4v) is 3.35. The van der Waals surface area contributed by atoms with Crippen LogP contribution >= 0.6 is 11.6 Å². The third-order valence-electron chi connectivity index (χ3n) is 4.52. The van der Waals surface area contributed by atoms with Crippen LogP contribution in [0, 0.1) is 17.5 Å². The number of amides is 1. The number of alkyl halides is 2. The summed E-state index contributed by atoms with van der Waals surface area (Å²) in [5, 5.41) is 0.203. The fourth-order valence-electron chi connectivity index (χ4n) is 3.08. The van der Waals surface area contributed by atoms with E-state index in [-0.39, 0.29) is 22.7 Å². The normalized spacial score (nSPS) is 15.7. The lowest BCUT2D eigenvalue weighted by Crippen LogP contribution is -2.59. The SMILES string of the molecule is O=C(Cn1cc(Cl)c2ncc(-c3ccc(F)c(F)c3F)cc21)N1CC(F)(F)C1. The maximum Gasteiger partial charge on any atom is 0.282 e. The number of hydrogen-bond acceptors (Lipinski definition) is 2. The molecular formula is C18H11ClF5N3O. The Hall–Kier alpha value is -2.68. The quantitative estimate of drug-likeness (QED) is 0.474. The smallest absolute Gasteiger partial charge is 0.282 e. The number of nitrogens with zero attached hydrogens (tertiary/aromatic N) is 3. The number of fused-ring (bicyclic) bond motifs is 1. The highest BCUT2D eigenvalue weighted by Gasteiger charge is 2.46. The van der Waals surface area contributed by atoms with E-state index < -0.39 is 42.4 Å². The van der Waals surface area contributed by atoms with Crippen molar-refractivity contribution in [3.63, 3.8) is 0 Å². The molecule has 0 aliphatic carbocycles. The van der Waals surface area contributed by atoms with Crippen molar-refractivity contribution in [1.82, 2.24) is 14.5 Å². The molecule has 4 nitrogen and oxygen atoms in total. The summed E-state index contributed by atoms with van der Waals surface area (Å²) in [5.41, 5.74) is 0.552. The minimum absolute atomic E-state index is 0.142. The van der Waals surface area contributed by atoms with E-state index in [2.05, 4.69) is 4.98 Å². The molecule has 0 unspecified atom stereocenters. The Balaban J connectivity index is 1.71. The van der Waals surface area contributed by atoms with Crippen molar-refractivity contribution in [2.45, 2.75) is 12.5 Å². The van der Waals surface area contributed by atoms with Gasteiger partial charge >= 0.3 is 0 Å². The minimum Gasteiger partial charge on any atom is -0.335 e. The fraction of sp³-hybridized carbons (Fsp3) is 0.222. The zero-order valence-electron chi connectivity index (χ0n) is 14.0. The van der Waals surface area contributed by atoms with Crippen molar-refractivity contribution in [3.8, 4) is 11.1 Å². The lowest BCUT2D eigenvalue weighted by Gasteiger charge is -2.38. The molecule has 146 valence electrons. The molecule has 10 heteroatoms. The molecule has 0 saturated carbocycles. The van der Waals surface area contributed by atoms with Gasteiger partial charge < -0.3 is 9.47 Å². The first kappa shape index (κ1) is 18.7. The van der Waals surface area contributed by atoms with E-state index in [1.165, 1.54) is 23.0 Å². The minimum atomic E-state index is -2.88. The van der Waals surface area contributed by atoms with Gasteiger partial charge in [0, 0.05) is 23.5 Å². The summed E-state index contributed by atoms with van der Waals surface area (Å²) in [6.45, 7) is -1.57. The number of aromatic nitrogens is 2. The van der Waals surface area contributed by atoms with E-state index in [9.17, 15) is 26.7 Å². The summed E-state index contributed by atoms with van der Waals surface area (Å²) < 4.78 is 68.1. The molecule has 28 heavy (non-hydrogen) atoms. The van der Waals surface area contributed by atoms with Crippen LogP contribution in [0.5, 0.6) is 0 Å². The molecule has 0 atom stereocenters. The number of benzene rings is 1. The lowest BCUT2D eigenvalue weighted by atomic mass is 10.1. The Bertz CT molecular complexity index is 1110. The van der Waals surface area contributed by atoms with Gasteiger partial charge in [0.05, 0.1) is 23.6 Å². The molecule has 0 N–H and O–H groups in total. The standard InChI is InChI=1S/C18H11ClF5N3O/c19-11-5-26(6-14(28)27-7-18(23,24)8-27)13-3-9(4-25-17(11)13)10-1-2-12(20)16(22)15(10)21/h1-5H,6-8H2. The van der Waals surface area contributed by atoms with E-state index in [0.29, 0.717) is 11.0 Å². The summed E-state index contributed by atoms with van der Waals surface area (Å²) in [7, 11) is 0. The van der Waals surface area contributed by atoms with Crippen molar-refractivity contribution < 1.29 is 26.7 Å². The number of carbonyl (C=O) groups is 1. The van der Waals surface area contributed by atoms with Gasteiger partial charge in [-0.2, -0.15) is 0 Å². The number of halogens is 6. The second-order valence-electron chi connectivity index (χ2n) is 6.53. The summed E-state index contributed by atoms with van der Waals surface area (Å²) in [6.07, 6.45) is 2.65. The Kier molecular flexibility index (Phi) is 4.29. The zero-order chi connectivity index (χ0) is 20.2. The molecule has 3 aromatic rings. The van der Waals surface area contributed by atoms with Gasteiger partial charge in [-0.15, -0.1) is 0 Å². The van der Waals surface area contributed by atoms with Gasteiger partial charge in [0.25, 0.3) is 5.92 Å². The molecule has 1 aliphatic rings. The van der Waals surface area contributed by atoms with E-state index in [4.69, 9.17) is 11.6 Å². The van der Waals surface area contributed by atoms with Gasteiger partial charge in [-0.05, 0) is 18.2 Å². The first-order chi connectivity index (χ1) is 13.2. The third kappa shape index (κ3) is 3.09. The molecule has 0 bridgehead atoms. The maximum absolute atomic E-state index is 14.1. The first-order valence-electron chi connectivity index (χ1n) is 8.10. The second-order valence-corrected chi connectivity index (χ2v) is 6.93. The summed E-state index contributed by atoms with van der Waals surface area (Å²) in [4.78, 5) is 17.3. The van der Waals surface area contributed by atoms with Crippen molar-refractivity contribution in [3.05, 3.63) is 53.1 Å². The number of pyridine rings is 1. The molecule has 3 heterocycles. The molecule has 1 amide bonds. The topological polar surface area (TPSA) is 38.1 Å². The van der Waals surface area contributed by atoms with Gasteiger partial charge in [0.2, 0.25) is 5.91 Å².